The van der Waals surface area contributed by atoms with Crippen molar-refractivity contribution in [2.75, 3.05) is 13.2 Å². The maximum atomic E-state index is 10.0. The second-order valence-corrected chi connectivity index (χ2v) is 5.91. The highest BCUT2D eigenvalue weighted by molar-refractivity contribution is 5.42. The van der Waals surface area contributed by atoms with E-state index in [0.717, 1.165) is 12.8 Å². The number of benzene rings is 2. The Morgan fingerprint density at radius 3 is 2.58 bits per heavy atom. The number of para-hydroxylation sites is 1. The Labute approximate surface area is 143 Å². The highest BCUT2D eigenvalue weighted by atomic mass is 16.5. The van der Waals surface area contributed by atoms with E-state index in [9.17, 15) is 5.11 Å². The van der Waals surface area contributed by atoms with Gasteiger partial charge in [0.25, 0.3) is 0 Å². The van der Waals surface area contributed by atoms with Gasteiger partial charge < -0.3 is 15.2 Å². The van der Waals surface area contributed by atoms with Crippen LogP contribution in [0.4, 0.5) is 0 Å². The van der Waals surface area contributed by atoms with Gasteiger partial charge in [0, 0.05) is 12.6 Å². The monoisotopic (exact) mass is 324 g/mol. The lowest BCUT2D eigenvalue weighted by atomic mass is 10.1. The van der Waals surface area contributed by atoms with Crippen molar-refractivity contribution < 1.29 is 9.84 Å². The first kappa shape index (κ1) is 18.0. The summed E-state index contributed by atoms with van der Waals surface area (Å²) in [6.07, 6.45) is 1.40. The first-order valence-corrected chi connectivity index (χ1v) is 8.26. The van der Waals surface area contributed by atoms with E-state index in [2.05, 4.69) is 30.4 Å². The predicted molar refractivity (Wildman–Crippen MR) is 94.9 cm³/mol. The molecule has 0 saturated carbocycles. The van der Waals surface area contributed by atoms with Crippen molar-refractivity contribution >= 4 is 0 Å². The zero-order valence-electron chi connectivity index (χ0n) is 14.0. The third-order valence-electron chi connectivity index (χ3n) is 3.85. The number of hydrogen-bond donors (Lipinski definition) is 2. The number of nitrogens with zero attached hydrogens (tertiary/aromatic N) is 1. The van der Waals surface area contributed by atoms with Crippen molar-refractivity contribution in [2.24, 2.45) is 0 Å². The molecule has 4 nitrogen and oxygen atoms in total. The van der Waals surface area contributed by atoms with Crippen molar-refractivity contribution in [3.8, 4) is 11.8 Å². The Morgan fingerprint density at radius 1 is 1.12 bits per heavy atom. The van der Waals surface area contributed by atoms with Crippen LogP contribution in [-0.4, -0.2) is 30.4 Å². The minimum absolute atomic E-state index is 0.164. The fourth-order valence-electron chi connectivity index (χ4n) is 2.40. The second kappa shape index (κ2) is 9.71. The zero-order valence-corrected chi connectivity index (χ0v) is 14.0. The van der Waals surface area contributed by atoms with Crippen molar-refractivity contribution in [1.82, 2.24) is 5.32 Å². The molecule has 2 atom stereocenters. The molecule has 0 bridgehead atoms. The number of nitriles is 1. The molecular weight excluding hydrogens is 300 g/mol. The smallest absolute Gasteiger partial charge is 0.137 e. The van der Waals surface area contributed by atoms with Gasteiger partial charge in [0.2, 0.25) is 0 Å². The van der Waals surface area contributed by atoms with Crippen LogP contribution in [0.1, 0.15) is 24.5 Å². The van der Waals surface area contributed by atoms with Gasteiger partial charge in [-0.1, -0.05) is 42.5 Å². The van der Waals surface area contributed by atoms with Crippen molar-refractivity contribution in [3.63, 3.8) is 0 Å². The van der Waals surface area contributed by atoms with E-state index in [0.29, 0.717) is 23.9 Å². The third-order valence-corrected chi connectivity index (χ3v) is 3.85. The fourth-order valence-corrected chi connectivity index (χ4v) is 2.40. The van der Waals surface area contributed by atoms with Crippen LogP contribution in [0.15, 0.2) is 54.6 Å². The summed E-state index contributed by atoms with van der Waals surface area (Å²) in [6, 6.07) is 19.8. The lowest BCUT2D eigenvalue weighted by Gasteiger charge is -2.18. The summed E-state index contributed by atoms with van der Waals surface area (Å²) in [7, 11) is 0. The van der Waals surface area contributed by atoms with Gasteiger partial charge in [0.1, 0.15) is 24.5 Å². The molecule has 24 heavy (non-hydrogen) atoms. The highest BCUT2D eigenvalue weighted by Gasteiger charge is 2.10. The molecule has 0 aliphatic carbocycles. The SMILES string of the molecule is CC(CCc1ccccc1)NCC(O)COc1ccccc1C#N. The average Bonchev–Trinajstić information content (AvgIpc) is 2.64. The summed E-state index contributed by atoms with van der Waals surface area (Å²) in [5.41, 5.74) is 1.80. The number of hydrogen-bond acceptors (Lipinski definition) is 4. The van der Waals surface area contributed by atoms with Gasteiger partial charge in [-0.25, -0.2) is 0 Å². The molecule has 0 fully saturated rings. The number of aryl methyl sites for hydroxylation is 1. The number of aliphatic hydroxyl groups excluding tert-OH is 1. The van der Waals surface area contributed by atoms with E-state index in [1.165, 1.54) is 5.56 Å². The normalized spacial score (nSPS) is 13.0. The van der Waals surface area contributed by atoms with Crippen LogP contribution in [0.3, 0.4) is 0 Å². The lowest BCUT2D eigenvalue weighted by Crippen LogP contribution is -2.36. The molecule has 0 heterocycles. The Hall–Kier alpha value is -2.35. The number of rotatable bonds is 9. The van der Waals surface area contributed by atoms with Gasteiger partial charge in [0.05, 0.1) is 5.56 Å². The standard InChI is InChI=1S/C20H24N2O2/c1-16(11-12-17-7-3-2-4-8-17)22-14-19(23)15-24-20-10-6-5-9-18(20)13-21/h2-10,16,19,22-23H,11-12,14-15H2,1H3. The van der Waals surface area contributed by atoms with E-state index in [1.807, 2.05) is 24.3 Å². The van der Waals surface area contributed by atoms with Crippen molar-refractivity contribution in [2.45, 2.75) is 31.9 Å². The van der Waals surface area contributed by atoms with Crippen LogP contribution in [0.5, 0.6) is 5.75 Å². The van der Waals surface area contributed by atoms with Gasteiger partial charge in [0.15, 0.2) is 0 Å². The Balaban J connectivity index is 1.67. The maximum absolute atomic E-state index is 10.0. The maximum Gasteiger partial charge on any atom is 0.137 e. The van der Waals surface area contributed by atoms with Crippen LogP contribution >= 0.6 is 0 Å². The zero-order chi connectivity index (χ0) is 17.2. The summed E-state index contributed by atoms with van der Waals surface area (Å²) in [5.74, 6) is 0.510. The van der Waals surface area contributed by atoms with Crippen LogP contribution in [0, 0.1) is 11.3 Å². The van der Waals surface area contributed by atoms with E-state index in [-0.39, 0.29) is 6.61 Å². The molecule has 2 N–H and O–H groups in total. The topological polar surface area (TPSA) is 65.3 Å². The van der Waals surface area contributed by atoms with E-state index in [4.69, 9.17) is 10.00 Å². The Bertz CT molecular complexity index is 652. The molecule has 4 heteroatoms. The number of nitrogens with one attached hydrogen (secondary N) is 1. The largest absolute Gasteiger partial charge is 0.489 e. The molecule has 0 radical (unpaired) electrons. The molecule has 0 spiro atoms. The summed E-state index contributed by atoms with van der Waals surface area (Å²) in [5, 5.41) is 22.4. The quantitative estimate of drug-likeness (QED) is 0.744. The summed E-state index contributed by atoms with van der Waals surface area (Å²) in [6.45, 7) is 2.74. The van der Waals surface area contributed by atoms with Crippen LogP contribution in [0.2, 0.25) is 0 Å². The minimum Gasteiger partial charge on any atom is -0.489 e. The predicted octanol–water partition coefficient (Wildman–Crippen LogP) is 2.91. The van der Waals surface area contributed by atoms with Crippen LogP contribution in [-0.2, 0) is 6.42 Å². The van der Waals surface area contributed by atoms with Gasteiger partial charge in [-0.15, -0.1) is 0 Å². The molecule has 2 aromatic rings. The molecule has 0 saturated heterocycles. The number of ether oxygens (including phenoxy) is 1. The van der Waals surface area contributed by atoms with E-state index >= 15 is 0 Å². The molecule has 0 aliphatic rings. The van der Waals surface area contributed by atoms with E-state index in [1.54, 1.807) is 18.2 Å². The summed E-state index contributed by atoms with van der Waals surface area (Å²) in [4.78, 5) is 0. The molecule has 0 aliphatic heterocycles. The summed E-state index contributed by atoms with van der Waals surface area (Å²) >= 11 is 0. The van der Waals surface area contributed by atoms with E-state index < -0.39 is 6.10 Å². The fraction of sp³-hybridized carbons (Fsp3) is 0.350. The lowest BCUT2D eigenvalue weighted by molar-refractivity contribution is 0.103. The van der Waals surface area contributed by atoms with Gasteiger partial charge >= 0.3 is 0 Å². The molecule has 2 aromatic carbocycles. The first-order valence-electron chi connectivity index (χ1n) is 8.26. The Morgan fingerprint density at radius 2 is 1.83 bits per heavy atom. The van der Waals surface area contributed by atoms with Gasteiger partial charge in [-0.2, -0.15) is 5.26 Å². The summed E-state index contributed by atoms with van der Waals surface area (Å²) < 4.78 is 5.54. The molecule has 126 valence electrons. The van der Waals surface area contributed by atoms with Crippen molar-refractivity contribution in [3.05, 3.63) is 65.7 Å². The molecule has 2 rings (SSSR count). The molecular formula is C20H24N2O2. The molecule has 0 aromatic heterocycles. The van der Waals surface area contributed by atoms with Gasteiger partial charge in [-0.3, -0.25) is 0 Å². The Kier molecular flexibility index (Phi) is 7.28. The average molecular weight is 324 g/mol. The van der Waals surface area contributed by atoms with Crippen LogP contribution < -0.4 is 10.1 Å². The molecule has 2 unspecified atom stereocenters. The van der Waals surface area contributed by atoms with Crippen molar-refractivity contribution in [1.29, 1.82) is 5.26 Å². The van der Waals surface area contributed by atoms with Crippen LogP contribution in [0.25, 0.3) is 0 Å². The highest BCUT2D eigenvalue weighted by Crippen LogP contribution is 2.16. The molecule has 0 amide bonds. The minimum atomic E-state index is -0.615. The number of aliphatic hydroxyl groups is 1. The van der Waals surface area contributed by atoms with Gasteiger partial charge in [-0.05, 0) is 37.5 Å². The third kappa shape index (κ3) is 6.04. The second-order valence-electron chi connectivity index (χ2n) is 5.91. The first-order chi connectivity index (χ1) is 11.7.